The highest BCUT2D eigenvalue weighted by Gasteiger charge is 2.39. The van der Waals surface area contributed by atoms with Gasteiger partial charge in [0.2, 0.25) is 10.0 Å². The van der Waals surface area contributed by atoms with Crippen LogP contribution in [0.25, 0.3) is 0 Å². The molecule has 1 saturated heterocycles. The summed E-state index contributed by atoms with van der Waals surface area (Å²) in [4.78, 5) is 25.2. The van der Waals surface area contributed by atoms with E-state index in [0.717, 1.165) is 24.0 Å². The third-order valence-electron chi connectivity index (χ3n) is 5.26. The highest BCUT2D eigenvalue weighted by atomic mass is 35.5. The summed E-state index contributed by atoms with van der Waals surface area (Å²) in [5.74, 6) is -1.66. The van der Waals surface area contributed by atoms with Gasteiger partial charge in [-0.05, 0) is 44.9 Å². The van der Waals surface area contributed by atoms with E-state index in [-0.39, 0.29) is 30.3 Å². The second kappa shape index (κ2) is 9.50. The van der Waals surface area contributed by atoms with Gasteiger partial charge in [-0.25, -0.2) is 17.5 Å². The van der Waals surface area contributed by atoms with Crippen LogP contribution in [0.5, 0.6) is 0 Å². The van der Waals surface area contributed by atoms with Crippen molar-refractivity contribution < 1.29 is 27.1 Å². The average molecular weight is 497 g/mol. The number of carbonyl (C=O) groups excluding carboxylic acids is 2. The number of halogens is 2. The Morgan fingerprint density at radius 3 is 2.48 bits per heavy atom. The summed E-state index contributed by atoms with van der Waals surface area (Å²) >= 11 is 6.11. The Labute approximate surface area is 197 Å². The van der Waals surface area contributed by atoms with E-state index >= 15 is 0 Å². The first-order chi connectivity index (χ1) is 15.4. The third kappa shape index (κ3) is 5.60. The predicted octanol–water partition coefficient (Wildman–Crippen LogP) is 3.86. The van der Waals surface area contributed by atoms with Gasteiger partial charge >= 0.3 is 0 Å². The van der Waals surface area contributed by atoms with Crippen LogP contribution in [0, 0.1) is 5.82 Å². The molecular weight excluding hydrogens is 471 g/mol. The molecule has 0 bridgehead atoms. The molecule has 0 aliphatic carbocycles. The number of benzene rings is 2. The lowest BCUT2D eigenvalue weighted by molar-refractivity contribution is -0.142. The van der Waals surface area contributed by atoms with Crippen LogP contribution in [0.3, 0.4) is 0 Å². The number of hydrogen-bond donors (Lipinski definition) is 1. The van der Waals surface area contributed by atoms with Crippen LogP contribution < -0.4 is 4.72 Å². The summed E-state index contributed by atoms with van der Waals surface area (Å²) in [6.45, 7) is 4.95. The molecule has 1 aliphatic rings. The van der Waals surface area contributed by atoms with Crippen molar-refractivity contribution in [3.63, 3.8) is 0 Å². The summed E-state index contributed by atoms with van der Waals surface area (Å²) in [6.07, 6.45) is 1.24. The Balaban J connectivity index is 1.87. The molecule has 178 valence electrons. The first-order valence-corrected chi connectivity index (χ1v) is 12.2. The SMILES string of the molecule is CC(C)(C)NS(=O)(=O)c1cc(C(=O)N2CCC(CC=O)(c3ccccc3)OC2)c(Cl)cc1F. The first-order valence-electron chi connectivity index (χ1n) is 10.3. The predicted molar refractivity (Wildman–Crippen MR) is 122 cm³/mol. The maximum Gasteiger partial charge on any atom is 0.257 e. The summed E-state index contributed by atoms with van der Waals surface area (Å²) in [6, 6.07) is 11.0. The third-order valence-corrected chi connectivity index (χ3v) is 7.35. The molecule has 10 heteroatoms. The smallest absolute Gasteiger partial charge is 0.257 e. The fourth-order valence-electron chi connectivity index (χ4n) is 3.72. The standard InChI is InChI=1S/C23H26ClFN2O5S/c1-22(2,3)26-33(30,31)20-13-17(18(24)14-19(20)25)21(29)27-11-9-23(10-12-28,32-15-27)16-7-5-4-6-8-16/h4-8,12-14,26H,9-11,15H2,1-3H3. The number of amides is 1. The second-order valence-corrected chi connectivity index (χ2v) is 11.0. The van der Waals surface area contributed by atoms with Crippen molar-refractivity contribution in [1.29, 1.82) is 0 Å². The van der Waals surface area contributed by atoms with Gasteiger partial charge in [0.1, 0.15) is 29.3 Å². The van der Waals surface area contributed by atoms with E-state index < -0.39 is 37.8 Å². The fraction of sp³-hybridized carbons (Fsp3) is 0.391. The van der Waals surface area contributed by atoms with Crippen molar-refractivity contribution in [1.82, 2.24) is 9.62 Å². The molecular formula is C23H26ClFN2O5S. The zero-order valence-electron chi connectivity index (χ0n) is 18.6. The van der Waals surface area contributed by atoms with Crippen molar-refractivity contribution in [3.8, 4) is 0 Å². The molecule has 7 nitrogen and oxygen atoms in total. The van der Waals surface area contributed by atoms with E-state index in [2.05, 4.69) is 4.72 Å². The maximum atomic E-state index is 14.5. The normalized spacial score (nSPS) is 19.4. The Bertz CT molecular complexity index is 1140. The van der Waals surface area contributed by atoms with Crippen molar-refractivity contribution in [2.75, 3.05) is 13.3 Å². The van der Waals surface area contributed by atoms with Gasteiger partial charge in [-0.2, -0.15) is 0 Å². The van der Waals surface area contributed by atoms with E-state index in [4.69, 9.17) is 16.3 Å². The maximum absolute atomic E-state index is 14.5. The highest BCUT2D eigenvalue weighted by molar-refractivity contribution is 7.89. The van der Waals surface area contributed by atoms with Crippen molar-refractivity contribution >= 4 is 33.8 Å². The molecule has 1 amide bonds. The van der Waals surface area contributed by atoms with Gasteiger partial charge in [-0.1, -0.05) is 41.9 Å². The van der Waals surface area contributed by atoms with E-state index in [1.54, 1.807) is 20.8 Å². The van der Waals surface area contributed by atoms with Crippen molar-refractivity contribution in [2.45, 2.75) is 49.6 Å². The molecule has 1 N–H and O–H groups in total. The van der Waals surface area contributed by atoms with Crippen LogP contribution in [-0.4, -0.2) is 44.3 Å². The molecule has 1 fully saturated rings. The zero-order chi connectivity index (χ0) is 24.4. The molecule has 0 radical (unpaired) electrons. The topological polar surface area (TPSA) is 92.8 Å². The number of sulfonamides is 1. The quantitative estimate of drug-likeness (QED) is 0.613. The van der Waals surface area contributed by atoms with Gasteiger partial charge in [0.05, 0.1) is 10.6 Å². The molecule has 2 aromatic carbocycles. The van der Waals surface area contributed by atoms with Crippen LogP contribution in [0.15, 0.2) is 47.4 Å². The van der Waals surface area contributed by atoms with Gasteiger partial charge in [-0.3, -0.25) is 4.79 Å². The van der Waals surface area contributed by atoms with Crippen LogP contribution in [0.1, 0.15) is 49.5 Å². The molecule has 0 aromatic heterocycles. The lowest BCUT2D eigenvalue weighted by Crippen LogP contribution is -2.47. The Kier molecular flexibility index (Phi) is 7.28. The minimum absolute atomic E-state index is 0.122. The lowest BCUT2D eigenvalue weighted by Gasteiger charge is -2.41. The van der Waals surface area contributed by atoms with Crippen molar-refractivity contribution in [2.24, 2.45) is 0 Å². The van der Waals surface area contributed by atoms with Gasteiger partial charge < -0.3 is 14.4 Å². The molecule has 1 heterocycles. The number of carbonyl (C=O) groups is 2. The molecule has 1 aliphatic heterocycles. The Hall–Kier alpha value is -2.33. The largest absolute Gasteiger partial charge is 0.349 e. The van der Waals surface area contributed by atoms with E-state index in [0.29, 0.717) is 6.42 Å². The van der Waals surface area contributed by atoms with E-state index in [1.807, 2.05) is 30.3 Å². The van der Waals surface area contributed by atoms with Gasteiger partial charge in [-0.15, -0.1) is 0 Å². The lowest BCUT2D eigenvalue weighted by atomic mass is 9.86. The molecule has 1 atom stereocenters. The minimum Gasteiger partial charge on any atom is -0.349 e. The van der Waals surface area contributed by atoms with Crippen molar-refractivity contribution in [3.05, 3.63) is 64.4 Å². The van der Waals surface area contributed by atoms with Crippen LogP contribution in [0.4, 0.5) is 4.39 Å². The monoisotopic (exact) mass is 496 g/mol. The molecule has 0 spiro atoms. The van der Waals surface area contributed by atoms with E-state index in [1.165, 1.54) is 4.90 Å². The second-order valence-electron chi connectivity index (χ2n) is 8.94. The average Bonchev–Trinajstić information content (AvgIpc) is 2.73. The summed E-state index contributed by atoms with van der Waals surface area (Å²) in [7, 11) is -4.24. The Morgan fingerprint density at radius 1 is 1.27 bits per heavy atom. The number of ether oxygens (including phenoxy) is 1. The van der Waals surface area contributed by atoms with Crippen LogP contribution >= 0.6 is 11.6 Å². The molecule has 0 saturated carbocycles. The summed E-state index contributed by atoms with van der Waals surface area (Å²) in [5.41, 5.74) is -1.05. The molecule has 33 heavy (non-hydrogen) atoms. The summed E-state index contributed by atoms with van der Waals surface area (Å²) in [5, 5.41) is -0.208. The van der Waals surface area contributed by atoms with E-state index in [9.17, 15) is 22.4 Å². The van der Waals surface area contributed by atoms with Gasteiger partial charge in [0.25, 0.3) is 5.91 Å². The Morgan fingerprint density at radius 2 is 1.94 bits per heavy atom. The number of nitrogens with one attached hydrogen (secondary N) is 1. The minimum atomic E-state index is -4.24. The van der Waals surface area contributed by atoms with Crippen LogP contribution in [0.2, 0.25) is 5.02 Å². The zero-order valence-corrected chi connectivity index (χ0v) is 20.2. The van der Waals surface area contributed by atoms with Crippen LogP contribution in [-0.2, 0) is 25.2 Å². The molecule has 1 unspecified atom stereocenters. The molecule has 2 aromatic rings. The number of nitrogens with zero attached hydrogens (tertiary/aromatic N) is 1. The number of aldehydes is 1. The first kappa shape index (κ1) is 25.3. The van der Waals surface area contributed by atoms with Gasteiger partial charge in [0, 0.05) is 18.5 Å². The highest BCUT2D eigenvalue weighted by Crippen LogP contribution is 2.36. The summed E-state index contributed by atoms with van der Waals surface area (Å²) < 4.78 is 48.2. The van der Waals surface area contributed by atoms with Gasteiger partial charge in [0.15, 0.2) is 0 Å². The number of rotatable bonds is 6. The molecule has 3 rings (SSSR count). The fourth-order valence-corrected chi connectivity index (χ4v) is 5.46. The number of hydrogen-bond acceptors (Lipinski definition) is 5.